The third-order valence-electron chi connectivity index (χ3n) is 4.49. The van der Waals surface area contributed by atoms with Crippen molar-refractivity contribution >= 4 is 16.1 Å². The fourth-order valence-corrected chi connectivity index (χ4v) is 3.43. The van der Waals surface area contributed by atoms with Crippen LogP contribution in [0.3, 0.4) is 0 Å². The third kappa shape index (κ3) is 7.42. The van der Waals surface area contributed by atoms with Crippen LogP contribution in [0.4, 0.5) is 0 Å². The molecule has 0 spiro atoms. The number of rotatable bonds is 10. The summed E-state index contributed by atoms with van der Waals surface area (Å²) in [6.07, 6.45) is 3.12. The second-order valence-corrected chi connectivity index (χ2v) is 8.52. The molecular weight excluding hydrogens is 392 g/mol. The van der Waals surface area contributed by atoms with Gasteiger partial charge in [0.25, 0.3) is 0 Å². The summed E-state index contributed by atoms with van der Waals surface area (Å²) in [5, 5.41) is 0. The van der Waals surface area contributed by atoms with Gasteiger partial charge in [-0.05, 0) is 67.1 Å². The highest BCUT2D eigenvalue weighted by atomic mass is 32.2. The summed E-state index contributed by atoms with van der Waals surface area (Å²) in [5.41, 5.74) is 2.15. The van der Waals surface area contributed by atoms with Crippen molar-refractivity contribution in [3.05, 3.63) is 53.6 Å². The SMILES string of the molecule is CCC(=O)Oc1cccc(C(C)CCCOc2ccc(OS(C)(=O)=O)cc2)c1C. The van der Waals surface area contributed by atoms with E-state index in [0.29, 0.717) is 30.4 Å². The van der Waals surface area contributed by atoms with E-state index in [1.165, 1.54) is 0 Å². The average Bonchev–Trinajstić information content (AvgIpc) is 2.66. The first-order valence-corrected chi connectivity index (χ1v) is 11.4. The highest BCUT2D eigenvalue weighted by Gasteiger charge is 2.13. The number of hydrogen-bond donors (Lipinski definition) is 0. The van der Waals surface area contributed by atoms with Gasteiger partial charge in [-0.25, -0.2) is 0 Å². The van der Waals surface area contributed by atoms with Crippen LogP contribution in [0.5, 0.6) is 17.2 Å². The van der Waals surface area contributed by atoms with Crippen LogP contribution < -0.4 is 13.7 Å². The Bertz CT molecular complexity index is 919. The molecule has 0 radical (unpaired) electrons. The minimum atomic E-state index is -3.53. The van der Waals surface area contributed by atoms with Crippen molar-refractivity contribution < 1.29 is 26.9 Å². The van der Waals surface area contributed by atoms with Crippen molar-refractivity contribution in [2.75, 3.05) is 12.9 Å². The summed E-state index contributed by atoms with van der Waals surface area (Å²) in [5.74, 6) is 1.59. The second-order valence-electron chi connectivity index (χ2n) is 6.95. The second kappa shape index (κ2) is 10.3. The molecule has 0 aliphatic rings. The molecule has 1 atom stereocenters. The summed E-state index contributed by atoms with van der Waals surface area (Å²) in [7, 11) is -3.53. The Morgan fingerprint density at radius 1 is 1.07 bits per heavy atom. The van der Waals surface area contributed by atoms with Crippen molar-refractivity contribution in [3.63, 3.8) is 0 Å². The first kappa shape index (κ1) is 22.7. The largest absolute Gasteiger partial charge is 0.494 e. The zero-order valence-electron chi connectivity index (χ0n) is 17.3. The van der Waals surface area contributed by atoms with E-state index in [0.717, 1.165) is 30.2 Å². The van der Waals surface area contributed by atoms with Crippen LogP contribution in [0.2, 0.25) is 0 Å². The lowest BCUT2D eigenvalue weighted by Gasteiger charge is -2.17. The van der Waals surface area contributed by atoms with Gasteiger partial charge < -0.3 is 13.7 Å². The Morgan fingerprint density at radius 2 is 1.72 bits per heavy atom. The average molecular weight is 421 g/mol. The van der Waals surface area contributed by atoms with Crippen molar-refractivity contribution in [3.8, 4) is 17.2 Å². The summed E-state index contributed by atoms with van der Waals surface area (Å²) in [4.78, 5) is 11.6. The highest BCUT2D eigenvalue weighted by Crippen LogP contribution is 2.30. The highest BCUT2D eigenvalue weighted by molar-refractivity contribution is 7.86. The van der Waals surface area contributed by atoms with Gasteiger partial charge >= 0.3 is 16.1 Å². The van der Waals surface area contributed by atoms with Crippen molar-refractivity contribution in [1.82, 2.24) is 0 Å². The predicted molar refractivity (Wildman–Crippen MR) is 112 cm³/mol. The van der Waals surface area contributed by atoms with E-state index >= 15 is 0 Å². The molecule has 0 saturated carbocycles. The lowest BCUT2D eigenvalue weighted by atomic mass is 9.92. The van der Waals surface area contributed by atoms with E-state index in [-0.39, 0.29) is 11.7 Å². The normalized spacial score (nSPS) is 12.3. The van der Waals surface area contributed by atoms with Crippen LogP contribution in [-0.2, 0) is 14.9 Å². The van der Waals surface area contributed by atoms with E-state index < -0.39 is 10.1 Å². The molecule has 0 saturated heterocycles. The monoisotopic (exact) mass is 420 g/mol. The summed E-state index contributed by atoms with van der Waals surface area (Å²) in [6, 6.07) is 12.3. The maximum atomic E-state index is 11.6. The van der Waals surface area contributed by atoms with E-state index in [9.17, 15) is 13.2 Å². The lowest BCUT2D eigenvalue weighted by Crippen LogP contribution is -2.08. The molecule has 2 rings (SSSR count). The van der Waals surface area contributed by atoms with Gasteiger partial charge in [0.1, 0.15) is 17.2 Å². The minimum Gasteiger partial charge on any atom is -0.494 e. The Hall–Kier alpha value is -2.54. The fourth-order valence-electron chi connectivity index (χ4n) is 2.97. The summed E-state index contributed by atoms with van der Waals surface area (Å²) >= 11 is 0. The van der Waals surface area contributed by atoms with Gasteiger partial charge in [0.05, 0.1) is 12.9 Å². The van der Waals surface area contributed by atoms with E-state index in [4.69, 9.17) is 13.7 Å². The number of carbonyl (C=O) groups is 1. The molecule has 0 bridgehead atoms. The smallest absolute Gasteiger partial charge is 0.310 e. The van der Waals surface area contributed by atoms with Gasteiger partial charge in [-0.2, -0.15) is 8.42 Å². The maximum absolute atomic E-state index is 11.6. The topological polar surface area (TPSA) is 78.9 Å². The van der Waals surface area contributed by atoms with Gasteiger partial charge in [0, 0.05) is 6.42 Å². The number of ether oxygens (including phenoxy) is 2. The van der Waals surface area contributed by atoms with Crippen LogP contribution in [-0.4, -0.2) is 27.2 Å². The molecule has 0 fully saturated rings. The van der Waals surface area contributed by atoms with Gasteiger partial charge in [-0.1, -0.05) is 26.0 Å². The zero-order valence-corrected chi connectivity index (χ0v) is 18.1. The van der Waals surface area contributed by atoms with Crippen LogP contribution in [0.15, 0.2) is 42.5 Å². The Morgan fingerprint density at radius 3 is 2.34 bits per heavy atom. The molecule has 7 heteroatoms. The molecule has 0 aliphatic heterocycles. The zero-order chi connectivity index (χ0) is 21.4. The van der Waals surface area contributed by atoms with E-state index in [2.05, 4.69) is 13.0 Å². The number of carbonyl (C=O) groups excluding carboxylic acids is 1. The molecule has 158 valence electrons. The first-order valence-electron chi connectivity index (χ1n) is 9.62. The van der Waals surface area contributed by atoms with Gasteiger partial charge in [0.2, 0.25) is 0 Å². The minimum absolute atomic E-state index is 0.237. The maximum Gasteiger partial charge on any atom is 0.310 e. The Kier molecular flexibility index (Phi) is 8.08. The number of hydrogen-bond acceptors (Lipinski definition) is 6. The number of benzene rings is 2. The van der Waals surface area contributed by atoms with Crippen molar-refractivity contribution in [2.45, 2.75) is 46.0 Å². The Labute approximate surface area is 172 Å². The van der Waals surface area contributed by atoms with Crippen LogP contribution in [0.25, 0.3) is 0 Å². The molecule has 2 aromatic carbocycles. The van der Waals surface area contributed by atoms with E-state index in [1.807, 2.05) is 19.1 Å². The van der Waals surface area contributed by atoms with Crippen molar-refractivity contribution in [1.29, 1.82) is 0 Å². The lowest BCUT2D eigenvalue weighted by molar-refractivity contribution is -0.134. The molecule has 0 heterocycles. The van der Waals surface area contributed by atoms with Gasteiger partial charge in [-0.15, -0.1) is 0 Å². The fraction of sp³-hybridized carbons (Fsp3) is 0.409. The molecule has 29 heavy (non-hydrogen) atoms. The summed E-state index contributed by atoms with van der Waals surface area (Å²) in [6.45, 7) is 6.43. The summed E-state index contributed by atoms with van der Waals surface area (Å²) < 4.78 is 38.1. The van der Waals surface area contributed by atoms with Crippen LogP contribution >= 0.6 is 0 Å². The van der Waals surface area contributed by atoms with Crippen molar-refractivity contribution in [2.24, 2.45) is 0 Å². The molecule has 0 amide bonds. The molecule has 2 aromatic rings. The molecule has 6 nitrogen and oxygen atoms in total. The van der Waals surface area contributed by atoms with Crippen LogP contribution in [0.1, 0.15) is 50.2 Å². The molecule has 0 aromatic heterocycles. The standard InChI is InChI=1S/C22H28O6S/c1-5-22(23)27-21-10-6-9-20(17(21)3)16(2)8-7-15-26-18-11-13-19(14-12-18)28-29(4,24)25/h6,9-14,16H,5,7-8,15H2,1-4H3. The Balaban J connectivity index is 1.85. The third-order valence-corrected chi connectivity index (χ3v) is 4.99. The molecule has 0 aliphatic carbocycles. The quantitative estimate of drug-likeness (QED) is 0.242. The number of esters is 1. The first-order chi connectivity index (χ1) is 13.7. The predicted octanol–water partition coefficient (Wildman–Crippen LogP) is 4.61. The molecular formula is C22H28O6S. The van der Waals surface area contributed by atoms with Crippen LogP contribution in [0, 0.1) is 6.92 Å². The van der Waals surface area contributed by atoms with Gasteiger partial charge in [-0.3, -0.25) is 4.79 Å². The van der Waals surface area contributed by atoms with E-state index in [1.54, 1.807) is 31.2 Å². The molecule has 1 unspecified atom stereocenters. The van der Waals surface area contributed by atoms with Gasteiger partial charge in [0.15, 0.2) is 0 Å². The molecule has 0 N–H and O–H groups in total.